The van der Waals surface area contributed by atoms with Crippen LogP contribution in [0.2, 0.25) is 10.0 Å². The average Bonchev–Trinajstić information content (AvgIpc) is 3.40. The van der Waals surface area contributed by atoms with Crippen LogP contribution in [0.5, 0.6) is 0 Å². The van der Waals surface area contributed by atoms with E-state index in [0.717, 1.165) is 6.26 Å². The topological polar surface area (TPSA) is 117 Å². The molecule has 1 amide bonds. The Morgan fingerprint density at radius 2 is 1.56 bits per heavy atom. The molecule has 1 N–H and O–H groups in total. The molecule has 0 radical (unpaired) electrons. The molecule has 9 nitrogen and oxygen atoms in total. The van der Waals surface area contributed by atoms with Crippen molar-refractivity contribution >= 4 is 71.3 Å². The van der Waals surface area contributed by atoms with Crippen LogP contribution >= 0.6 is 34.5 Å². The van der Waals surface area contributed by atoms with Gasteiger partial charge in [-0.3, -0.25) is 14.4 Å². The quantitative estimate of drug-likeness (QED) is 0.264. The molecular formula is C27H24Cl2N4O5S3. The summed E-state index contributed by atoms with van der Waals surface area (Å²) in [5, 5.41) is 4.69. The van der Waals surface area contributed by atoms with Gasteiger partial charge in [0.1, 0.15) is 5.25 Å². The van der Waals surface area contributed by atoms with Crippen LogP contribution in [-0.2, 0) is 20.0 Å². The molecule has 1 aliphatic rings. The van der Waals surface area contributed by atoms with E-state index in [1.54, 1.807) is 78.3 Å². The molecule has 1 fully saturated rings. The summed E-state index contributed by atoms with van der Waals surface area (Å²) in [6.45, 7) is -0.134. The molecule has 1 saturated heterocycles. The van der Waals surface area contributed by atoms with Crippen molar-refractivity contribution in [3.8, 4) is 0 Å². The van der Waals surface area contributed by atoms with Crippen molar-refractivity contribution in [3.05, 3.63) is 111 Å². The van der Waals surface area contributed by atoms with Gasteiger partial charge in [0.05, 0.1) is 18.0 Å². The first-order valence-corrected chi connectivity index (χ1v) is 17.2. The number of halogens is 2. The largest absolute Gasteiger partial charge is 0.298 e. The molecule has 214 valence electrons. The van der Waals surface area contributed by atoms with Crippen LogP contribution in [0.25, 0.3) is 0 Å². The molecule has 3 aromatic carbocycles. The van der Waals surface area contributed by atoms with E-state index >= 15 is 0 Å². The zero-order chi connectivity index (χ0) is 29.4. The molecule has 4 aromatic rings. The van der Waals surface area contributed by atoms with Crippen molar-refractivity contribution in [3.63, 3.8) is 0 Å². The van der Waals surface area contributed by atoms with Gasteiger partial charge in [-0.2, -0.15) is 4.31 Å². The highest BCUT2D eigenvalue weighted by molar-refractivity contribution is 7.92. The second kappa shape index (κ2) is 11.7. The van der Waals surface area contributed by atoms with Crippen molar-refractivity contribution in [2.75, 3.05) is 29.0 Å². The Balaban J connectivity index is 1.41. The second-order valence-corrected chi connectivity index (χ2v) is 15.0. The molecule has 0 spiro atoms. The minimum absolute atomic E-state index is 0.0668. The summed E-state index contributed by atoms with van der Waals surface area (Å²) in [7, 11) is -7.82. The number of aromatic nitrogens is 1. The number of hydrogen-bond donors (Lipinski definition) is 1. The van der Waals surface area contributed by atoms with E-state index in [1.165, 1.54) is 26.0 Å². The van der Waals surface area contributed by atoms with Crippen molar-refractivity contribution in [1.29, 1.82) is 0 Å². The van der Waals surface area contributed by atoms with Gasteiger partial charge in [-0.25, -0.2) is 21.8 Å². The summed E-state index contributed by atoms with van der Waals surface area (Å²) >= 11 is 13.4. The molecule has 1 aromatic heterocycles. The van der Waals surface area contributed by atoms with E-state index in [-0.39, 0.29) is 24.3 Å². The highest BCUT2D eigenvalue weighted by Crippen LogP contribution is 2.37. The molecular weight excluding hydrogens is 627 g/mol. The maximum atomic E-state index is 14.0. The van der Waals surface area contributed by atoms with Gasteiger partial charge in [0.15, 0.2) is 5.13 Å². The zero-order valence-electron chi connectivity index (χ0n) is 21.5. The normalized spacial score (nSPS) is 14.5. The van der Waals surface area contributed by atoms with E-state index in [2.05, 4.69) is 10.3 Å². The number of hydrogen-bond acceptors (Lipinski definition) is 7. The Hall–Kier alpha value is -3.00. The van der Waals surface area contributed by atoms with Crippen molar-refractivity contribution in [1.82, 2.24) is 9.29 Å². The lowest BCUT2D eigenvalue weighted by Crippen LogP contribution is -2.62. The molecule has 0 atom stereocenters. The van der Waals surface area contributed by atoms with Crippen LogP contribution in [0.15, 0.2) is 84.4 Å². The van der Waals surface area contributed by atoms with Crippen molar-refractivity contribution in [2.45, 2.75) is 11.3 Å². The number of anilines is 2. The van der Waals surface area contributed by atoms with Gasteiger partial charge in [0.25, 0.3) is 5.91 Å². The number of thiazole rings is 1. The number of nitrogens with zero attached hydrogens (tertiary/aromatic N) is 3. The van der Waals surface area contributed by atoms with E-state index in [4.69, 9.17) is 23.2 Å². The lowest BCUT2D eigenvalue weighted by molar-refractivity contribution is 0.102. The SMILES string of the molecule is CS(=O)(=O)N(c1cccc(C(=O)Nc2nccs2)c1)C1CN(S(=O)(=O)C(c2ccc(Cl)cc2)c2ccc(Cl)cc2)C1. The maximum Gasteiger partial charge on any atom is 0.257 e. The van der Waals surface area contributed by atoms with Crippen LogP contribution in [-0.4, -0.2) is 57.4 Å². The molecule has 2 heterocycles. The third kappa shape index (κ3) is 6.42. The van der Waals surface area contributed by atoms with Crippen molar-refractivity contribution in [2.24, 2.45) is 0 Å². The fourth-order valence-electron chi connectivity index (χ4n) is 4.65. The number of nitrogens with one attached hydrogen (secondary N) is 1. The maximum absolute atomic E-state index is 14.0. The fourth-order valence-corrected chi connectivity index (χ4v) is 8.65. The van der Waals surface area contributed by atoms with E-state index in [0.29, 0.717) is 26.3 Å². The lowest BCUT2D eigenvalue weighted by atomic mass is 10.0. The van der Waals surface area contributed by atoms with Crippen molar-refractivity contribution < 1.29 is 21.6 Å². The molecule has 5 rings (SSSR count). The standard InChI is InChI=1S/C27H24Cl2N4O5S3/c1-40(35,36)33(23-4-2-3-20(15-23)26(34)31-27-30-13-14-39-27)24-16-32(17-24)41(37,38)25(18-5-9-21(28)10-6-18)19-7-11-22(29)12-8-19/h2-15,24-25H,16-17H2,1H3,(H,30,31,34). The third-order valence-corrected chi connectivity index (χ3v) is 11.1. The summed E-state index contributed by atoms with van der Waals surface area (Å²) < 4.78 is 56.2. The number of benzene rings is 3. The highest BCUT2D eigenvalue weighted by Gasteiger charge is 2.46. The lowest BCUT2D eigenvalue weighted by Gasteiger charge is -2.45. The fraction of sp³-hybridized carbons (Fsp3) is 0.185. The van der Waals surface area contributed by atoms with Gasteiger partial charge in [0, 0.05) is 40.3 Å². The van der Waals surface area contributed by atoms with Gasteiger partial charge < -0.3 is 0 Å². The molecule has 0 bridgehead atoms. The van der Waals surface area contributed by atoms with Gasteiger partial charge >= 0.3 is 0 Å². The number of amides is 1. The first-order chi connectivity index (χ1) is 19.4. The zero-order valence-corrected chi connectivity index (χ0v) is 25.5. The van der Waals surface area contributed by atoms with E-state index in [1.807, 2.05) is 0 Å². The van der Waals surface area contributed by atoms with Gasteiger partial charge in [-0.05, 0) is 53.6 Å². The van der Waals surface area contributed by atoms with Gasteiger partial charge in [-0.15, -0.1) is 11.3 Å². The Morgan fingerprint density at radius 1 is 0.976 bits per heavy atom. The minimum Gasteiger partial charge on any atom is -0.298 e. The predicted molar refractivity (Wildman–Crippen MR) is 163 cm³/mol. The predicted octanol–water partition coefficient (Wildman–Crippen LogP) is 5.27. The monoisotopic (exact) mass is 650 g/mol. The number of sulfonamides is 2. The average molecular weight is 652 g/mol. The molecule has 0 saturated carbocycles. The summed E-state index contributed by atoms with van der Waals surface area (Å²) in [6.07, 6.45) is 2.61. The Labute approximate surface area is 252 Å². The third-order valence-electron chi connectivity index (χ3n) is 6.54. The first-order valence-electron chi connectivity index (χ1n) is 12.2. The van der Waals surface area contributed by atoms with Crippen LogP contribution in [0, 0.1) is 0 Å². The summed E-state index contributed by atoms with van der Waals surface area (Å²) in [4.78, 5) is 16.8. The van der Waals surface area contributed by atoms with Crippen LogP contribution in [0.3, 0.4) is 0 Å². The Kier molecular flexibility index (Phi) is 8.42. The summed E-state index contributed by atoms with van der Waals surface area (Å²) in [5.41, 5.74) is 1.52. The van der Waals surface area contributed by atoms with Crippen LogP contribution in [0.1, 0.15) is 26.7 Å². The molecule has 0 aliphatic carbocycles. The minimum atomic E-state index is -3.99. The van der Waals surface area contributed by atoms with Crippen LogP contribution < -0.4 is 9.62 Å². The van der Waals surface area contributed by atoms with E-state index < -0.39 is 37.2 Å². The molecule has 14 heteroatoms. The number of carbonyl (C=O) groups is 1. The number of carbonyl (C=O) groups excluding carboxylic acids is 1. The molecule has 1 aliphatic heterocycles. The Bertz CT molecular complexity index is 1710. The Morgan fingerprint density at radius 3 is 2.07 bits per heavy atom. The smallest absolute Gasteiger partial charge is 0.257 e. The molecule has 41 heavy (non-hydrogen) atoms. The number of rotatable bonds is 9. The van der Waals surface area contributed by atoms with Crippen LogP contribution in [0.4, 0.5) is 10.8 Å². The van der Waals surface area contributed by atoms with Gasteiger partial charge in [0.2, 0.25) is 20.0 Å². The molecule has 0 unspecified atom stereocenters. The summed E-state index contributed by atoms with van der Waals surface area (Å²) in [6, 6.07) is 18.6. The summed E-state index contributed by atoms with van der Waals surface area (Å²) in [5.74, 6) is -0.443. The highest BCUT2D eigenvalue weighted by atomic mass is 35.5. The van der Waals surface area contributed by atoms with Gasteiger partial charge in [-0.1, -0.05) is 53.5 Å². The second-order valence-electron chi connectivity index (χ2n) is 9.40. The first kappa shape index (κ1) is 29.5. The van der Waals surface area contributed by atoms with E-state index in [9.17, 15) is 21.6 Å².